The Morgan fingerprint density at radius 1 is 0.925 bits per heavy atom. The van der Waals surface area contributed by atoms with Crippen LogP contribution in [-0.2, 0) is 32.2 Å². The van der Waals surface area contributed by atoms with Crippen LogP contribution in [0.5, 0.6) is 0 Å². The zero-order valence-corrected chi connectivity index (χ0v) is 22.1. The summed E-state index contributed by atoms with van der Waals surface area (Å²) in [5.41, 5.74) is 5.31. The summed E-state index contributed by atoms with van der Waals surface area (Å²) in [4.78, 5) is 27.4. The predicted molar refractivity (Wildman–Crippen MR) is 149 cm³/mol. The molecule has 0 aliphatic carbocycles. The van der Waals surface area contributed by atoms with E-state index in [1.54, 1.807) is 0 Å². The molecule has 0 bridgehead atoms. The van der Waals surface area contributed by atoms with Gasteiger partial charge in [-0.15, -0.1) is 0 Å². The predicted octanol–water partition coefficient (Wildman–Crippen LogP) is 5.36. The SMILES string of the molecule is O=C(O)CCCCC(=O)Nc1ccc([C@@H]2O[C@H](Cn3cnc4ccccc43)C[C@H](c3ccc(CO)cc3)O2)cc1. The van der Waals surface area contributed by atoms with E-state index in [1.165, 1.54) is 0 Å². The minimum Gasteiger partial charge on any atom is -0.481 e. The van der Waals surface area contributed by atoms with Crippen LogP contribution in [0.2, 0.25) is 0 Å². The number of carboxylic acid groups (broad SMARTS) is 1. The second-order valence-electron chi connectivity index (χ2n) is 10.0. The van der Waals surface area contributed by atoms with Crippen molar-refractivity contribution in [2.24, 2.45) is 0 Å². The number of imidazole rings is 1. The van der Waals surface area contributed by atoms with E-state index in [-0.39, 0.29) is 37.6 Å². The first-order chi connectivity index (χ1) is 19.5. The summed E-state index contributed by atoms with van der Waals surface area (Å²) in [5.74, 6) is -1.00. The van der Waals surface area contributed by atoms with E-state index in [4.69, 9.17) is 14.6 Å². The van der Waals surface area contributed by atoms with Crippen LogP contribution in [0.3, 0.4) is 0 Å². The molecule has 208 valence electrons. The number of hydrogen-bond acceptors (Lipinski definition) is 6. The third-order valence-electron chi connectivity index (χ3n) is 7.05. The number of benzene rings is 3. The molecular weight excluding hydrogens is 510 g/mol. The number of carboxylic acids is 1. The monoisotopic (exact) mass is 543 g/mol. The average molecular weight is 544 g/mol. The van der Waals surface area contributed by atoms with Gasteiger partial charge < -0.3 is 29.6 Å². The number of aliphatic hydroxyl groups is 1. The molecule has 5 rings (SSSR count). The van der Waals surface area contributed by atoms with Crippen LogP contribution in [0.25, 0.3) is 11.0 Å². The average Bonchev–Trinajstić information content (AvgIpc) is 3.38. The molecule has 1 amide bonds. The molecule has 1 aliphatic heterocycles. The van der Waals surface area contributed by atoms with Gasteiger partial charge in [-0.25, -0.2) is 4.98 Å². The van der Waals surface area contributed by atoms with Crippen molar-refractivity contribution in [3.8, 4) is 0 Å². The van der Waals surface area contributed by atoms with E-state index >= 15 is 0 Å². The number of carbonyl (C=O) groups excluding carboxylic acids is 1. The molecule has 0 unspecified atom stereocenters. The largest absolute Gasteiger partial charge is 0.481 e. The number of ether oxygens (including phenoxy) is 2. The Morgan fingerprint density at radius 2 is 1.65 bits per heavy atom. The number of rotatable bonds is 11. The zero-order chi connectivity index (χ0) is 27.9. The molecule has 1 fully saturated rings. The zero-order valence-electron chi connectivity index (χ0n) is 22.1. The summed E-state index contributed by atoms with van der Waals surface area (Å²) in [5, 5.41) is 21.0. The second-order valence-corrected chi connectivity index (χ2v) is 10.0. The Hall–Kier alpha value is -4.05. The van der Waals surface area contributed by atoms with Gasteiger partial charge in [0.25, 0.3) is 0 Å². The molecule has 0 saturated carbocycles. The van der Waals surface area contributed by atoms with E-state index in [2.05, 4.69) is 14.9 Å². The van der Waals surface area contributed by atoms with Gasteiger partial charge in [0.1, 0.15) is 0 Å². The first kappa shape index (κ1) is 27.5. The lowest BCUT2D eigenvalue weighted by Crippen LogP contribution is -2.32. The third-order valence-corrected chi connectivity index (χ3v) is 7.05. The van der Waals surface area contributed by atoms with E-state index in [0.717, 1.165) is 27.7 Å². The van der Waals surface area contributed by atoms with E-state index in [0.29, 0.717) is 31.5 Å². The highest BCUT2D eigenvalue weighted by Crippen LogP contribution is 2.39. The normalized spacial score (nSPS) is 19.0. The molecule has 1 saturated heterocycles. The molecule has 40 heavy (non-hydrogen) atoms. The highest BCUT2D eigenvalue weighted by Gasteiger charge is 2.32. The number of anilines is 1. The van der Waals surface area contributed by atoms with Crippen LogP contribution in [0.15, 0.2) is 79.1 Å². The molecule has 0 radical (unpaired) electrons. The van der Waals surface area contributed by atoms with Crippen LogP contribution >= 0.6 is 0 Å². The third kappa shape index (κ3) is 6.93. The van der Waals surface area contributed by atoms with Gasteiger partial charge in [-0.1, -0.05) is 48.5 Å². The summed E-state index contributed by atoms with van der Waals surface area (Å²) in [6, 6.07) is 23.2. The fourth-order valence-corrected chi connectivity index (χ4v) is 4.92. The van der Waals surface area contributed by atoms with Crippen molar-refractivity contribution in [2.45, 2.75) is 63.8 Å². The van der Waals surface area contributed by atoms with Gasteiger partial charge in [0, 0.05) is 30.5 Å². The molecule has 9 heteroatoms. The number of nitrogens with zero attached hydrogens (tertiary/aromatic N) is 2. The van der Waals surface area contributed by atoms with E-state index < -0.39 is 12.3 Å². The Morgan fingerprint density at radius 3 is 2.40 bits per heavy atom. The molecule has 1 aliphatic rings. The van der Waals surface area contributed by atoms with Crippen molar-refractivity contribution in [3.63, 3.8) is 0 Å². The molecule has 3 N–H and O–H groups in total. The number of para-hydroxylation sites is 2. The molecule has 3 aromatic carbocycles. The van der Waals surface area contributed by atoms with E-state index in [1.807, 2.05) is 79.1 Å². The maximum atomic E-state index is 12.2. The molecule has 1 aromatic heterocycles. The number of aliphatic carboxylic acids is 1. The fourth-order valence-electron chi connectivity index (χ4n) is 4.92. The summed E-state index contributed by atoms with van der Waals surface area (Å²) < 4.78 is 15.0. The Bertz CT molecular complexity index is 1430. The van der Waals surface area contributed by atoms with Crippen molar-refractivity contribution in [3.05, 3.63) is 95.8 Å². The number of nitrogens with one attached hydrogen (secondary N) is 1. The van der Waals surface area contributed by atoms with Crippen LogP contribution in [-0.4, -0.2) is 37.7 Å². The van der Waals surface area contributed by atoms with Crippen LogP contribution in [0.1, 0.15) is 61.2 Å². The van der Waals surface area contributed by atoms with Crippen molar-refractivity contribution >= 4 is 28.6 Å². The summed E-state index contributed by atoms with van der Waals surface area (Å²) in [7, 11) is 0. The van der Waals surface area contributed by atoms with Gasteiger partial charge in [0.15, 0.2) is 6.29 Å². The van der Waals surface area contributed by atoms with Gasteiger partial charge in [-0.3, -0.25) is 9.59 Å². The van der Waals surface area contributed by atoms with Gasteiger partial charge in [-0.2, -0.15) is 0 Å². The Kier molecular flexibility index (Phi) is 8.85. The lowest BCUT2D eigenvalue weighted by atomic mass is 10.00. The maximum Gasteiger partial charge on any atom is 0.303 e. The first-order valence-corrected chi connectivity index (χ1v) is 13.5. The molecule has 9 nitrogen and oxygen atoms in total. The number of amides is 1. The lowest BCUT2D eigenvalue weighted by molar-refractivity contribution is -0.252. The second kappa shape index (κ2) is 12.9. The Balaban J connectivity index is 1.29. The molecule has 3 atom stereocenters. The van der Waals surface area contributed by atoms with Crippen molar-refractivity contribution in [1.29, 1.82) is 0 Å². The summed E-state index contributed by atoms with van der Waals surface area (Å²) in [6.07, 6.45) is 2.84. The first-order valence-electron chi connectivity index (χ1n) is 13.5. The molecule has 0 spiro atoms. The number of fused-ring (bicyclic) bond motifs is 1. The van der Waals surface area contributed by atoms with Gasteiger partial charge in [-0.05, 0) is 48.2 Å². The van der Waals surface area contributed by atoms with E-state index in [9.17, 15) is 14.7 Å². The quantitative estimate of drug-likeness (QED) is 0.218. The topological polar surface area (TPSA) is 123 Å². The summed E-state index contributed by atoms with van der Waals surface area (Å²) in [6.45, 7) is 0.598. The molecule has 4 aromatic rings. The van der Waals surface area contributed by atoms with Crippen molar-refractivity contribution in [1.82, 2.24) is 9.55 Å². The summed E-state index contributed by atoms with van der Waals surface area (Å²) >= 11 is 0. The highest BCUT2D eigenvalue weighted by atomic mass is 16.7. The van der Waals surface area contributed by atoms with Gasteiger partial charge in [0.05, 0.1) is 42.7 Å². The van der Waals surface area contributed by atoms with Crippen LogP contribution in [0.4, 0.5) is 5.69 Å². The number of hydrogen-bond donors (Lipinski definition) is 3. The minimum atomic E-state index is -0.854. The van der Waals surface area contributed by atoms with Crippen molar-refractivity contribution in [2.75, 3.05) is 5.32 Å². The molecular formula is C31H33N3O6. The smallest absolute Gasteiger partial charge is 0.303 e. The van der Waals surface area contributed by atoms with Crippen molar-refractivity contribution < 1.29 is 29.3 Å². The number of unbranched alkanes of at least 4 members (excludes halogenated alkanes) is 1. The highest BCUT2D eigenvalue weighted by molar-refractivity contribution is 5.90. The van der Waals surface area contributed by atoms with Gasteiger partial charge in [0.2, 0.25) is 5.91 Å². The fraction of sp³-hybridized carbons (Fsp3) is 0.323. The number of aliphatic hydroxyl groups excluding tert-OH is 1. The van der Waals surface area contributed by atoms with Crippen LogP contribution in [0, 0.1) is 0 Å². The minimum absolute atomic E-state index is 0.0148. The van der Waals surface area contributed by atoms with Gasteiger partial charge >= 0.3 is 5.97 Å². The van der Waals surface area contributed by atoms with Crippen LogP contribution < -0.4 is 5.32 Å². The Labute approximate surface area is 232 Å². The standard InChI is InChI=1S/C31H33N3O6/c35-19-21-9-11-22(12-10-21)28-17-25(18-34-20-32-26-5-1-2-6-27(26)34)39-31(40-28)23-13-15-24(16-14-23)33-29(36)7-3-4-8-30(37)38/h1-2,5-6,9-16,20,25,28,31,35H,3-4,7-8,17-19H2,(H,33,36)(H,37,38)/t25-,28+,31+/m0/s1. The number of aromatic nitrogens is 2. The number of carbonyl (C=O) groups is 2. The maximum absolute atomic E-state index is 12.2. The molecule has 2 heterocycles. The lowest BCUT2D eigenvalue weighted by Gasteiger charge is -2.36.